The lowest BCUT2D eigenvalue weighted by atomic mass is 10.2. The fraction of sp³-hybridized carbons (Fsp3) is 0.636. The largest absolute Gasteiger partial charge is 0.378 e. The van der Waals surface area contributed by atoms with E-state index in [9.17, 15) is 4.79 Å². The normalized spacial score (nSPS) is 15.9. The summed E-state index contributed by atoms with van der Waals surface area (Å²) in [4.78, 5) is 13.6. The Morgan fingerprint density at radius 1 is 1.59 bits per heavy atom. The summed E-state index contributed by atoms with van der Waals surface area (Å²) in [6.07, 6.45) is 2.00. The van der Waals surface area contributed by atoms with Crippen molar-refractivity contribution in [1.82, 2.24) is 15.1 Å². The van der Waals surface area contributed by atoms with Crippen molar-refractivity contribution in [2.75, 3.05) is 31.6 Å². The van der Waals surface area contributed by atoms with Crippen molar-refractivity contribution < 1.29 is 9.53 Å². The van der Waals surface area contributed by atoms with Crippen molar-refractivity contribution in [2.24, 2.45) is 0 Å². The molecule has 17 heavy (non-hydrogen) atoms. The van der Waals surface area contributed by atoms with Crippen LogP contribution in [0.4, 0.5) is 10.6 Å². The van der Waals surface area contributed by atoms with Gasteiger partial charge in [-0.25, -0.2) is 4.79 Å². The zero-order valence-electron chi connectivity index (χ0n) is 10.0. The summed E-state index contributed by atoms with van der Waals surface area (Å²) in [5.41, 5.74) is 1.05. The molecule has 1 aromatic rings. The Hall–Kier alpha value is -1.56. The van der Waals surface area contributed by atoms with Gasteiger partial charge in [-0.2, -0.15) is 5.10 Å². The first kappa shape index (κ1) is 11.9. The molecule has 0 spiro atoms. The summed E-state index contributed by atoms with van der Waals surface area (Å²) in [6, 6.07) is 1.77. The number of carbonyl (C=O) groups is 1. The van der Waals surface area contributed by atoms with E-state index in [1.807, 2.05) is 6.07 Å². The molecule has 0 unspecified atom stereocenters. The number of morpholine rings is 1. The molecule has 1 aromatic heterocycles. The number of nitrogens with zero attached hydrogens (tertiary/aromatic N) is 2. The zero-order valence-corrected chi connectivity index (χ0v) is 10.0. The Morgan fingerprint density at radius 2 is 2.35 bits per heavy atom. The van der Waals surface area contributed by atoms with E-state index in [1.165, 1.54) is 0 Å². The number of amides is 2. The van der Waals surface area contributed by atoms with E-state index < -0.39 is 0 Å². The minimum Gasteiger partial charge on any atom is -0.378 e. The van der Waals surface area contributed by atoms with Gasteiger partial charge in [0, 0.05) is 24.8 Å². The molecule has 1 aliphatic rings. The van der Waals surface area contributed by atoms with Gasteiger partial charge in [0.1, 0.15) is 0 Å². The van der Waals surface area contributed by atoms with Gasteiger partial charge in [0.2, 0.25) is 0 Å². The SMILES string of the molecule is CCCc1cc(NC(=O)N2CCOCC2)n[nH]1. The van der Waals surface area contributed by atoms with Gasteiger partial charge in [0.15, 0.2) is 5.82 Å². The van der Waals surface area contributed by atoms with Crippen LogP contribution >= 0.6 is 0 Å². The number of ether oxygens (including phenoxy) is 1. The zero-order chi connectivity index (χ0) is 12.1. The first-order chi connectivity index (χ1) is 8.29. The van der Waals surface area contributed by atoms with Crippen LogP contribution in [0.2, 0.25) is 0 Å². The van der Waals surface area contributed by atoms with Gasteiger partial charge in [-0.1, -0.05) is 13.3 Å². The van der Waals surface area contributed by atoms with E-state index in [4.69, 9.17) is 4.74 Å². The highest BCUT2D eigenvalue weighted by atomic mass is 16.5. The van der Waals surface area contributed by atoms with Gasteiger partial charge >= 0.3 is 6.03 Å². The van der Waals surface area contributed by atoms with Crippen molar-refractivity contribution in [2.45, 2.75) is 19.8 Å². The molecule has 1 saturated heterocycles. The predicted molar refractivity (Wildman–Crippen MR) is 64.0 cm³/mol. The number of hydrogen-bond acceptors (Lipinski definition) is 3. The molecule has 2 N–H and O–H groups in total. The van der Waals surface area contributed by atoms with Crippen LogP contribution in [0.5, 0.6) is 0 Å². The number of hydrogen-bond donors (Lipinski definition) is 2. The van der Waals surface area contributed by atoms with Crippen molar-refractivity contribution in [3.63, 3.8) is 0 Å². The molecule has 94 valence electrons. The molecule has 0 aliphatic carbocycles. The van der Waals surface area contributed by atoms with Crippen LogP contribution in [0.1, 0.15) is 19.0 Å². The maximum atomic E-state index is 11.8. The number of H-pyrrole nitrogens is 1. The van der Waals surface area contributed by atoms with Gasteiger partial charge in [-0.3, -0.25) is 10.4 Å². The lowest BCUT2D eigenvalue weighted by Crippen LogP contribution is -2.43. The van der Waals surface area contributed by atoms with Crippen LogP contribution in [0, 0.1) is 0 Å². The van der Waals surface area contributed by atoms with Crippen LogP contribution in [-0.4, -0.2) is 47.4 Å². The summed E-state index contributed by atoms with van der Waals surface area (Å²) >= 11 is 0. The average molecular weight is 238 g/mol. The summed E-state index contributed by atoms with van der Waals surface area (Å²) in [7, 11) is 0. The van der Waals surface area contributed by atoms with E-state index in [1.54, 1.807) is 4.90 Å². The number of urea groups is 1. The van der Waals surface area contributed by atoms with Gasteiger partial charge in [-0.05, 0) is 6.42 Å². The molecule has 2 rings (SSSR count). The fourth-order valence-corrected chi connectivity index (χ4v) is 1.78. The fourth-order valence-electron chi connectivity index (χ4n) is 1.78. The Kier molecular flexibility index (Phi) is 3.98. The van der Waals surface area contributed by atoms with Crippen LogP contribution < -0.4 is 5.32 Å². The number of carbonyl (C=O) groups excluding carboxylic acids is 1. The lowest BCUT2D eigenvalue weighted by Gasteiger charge is -2.26. The highest BCUT2D eigenvalue weighted by Crippen LogP contribution is 2.09. The molecule has 0 atom stereocenters. The van der Waals surface area contributed by atoms with Crippen LogP contribution in [0.25, 0.3) is 0 Å². The number of anilines is 1. The molecule has 0 aromatic carbocycles. The number of rotatable bonds is 3. The first-order valence-electron chi connectivity index (χ1n) is 5.97. The maximum Gasteiger partial charge on any atom is 0.323 e. The molecular weight excluding hydrogens is 220 g/mol. The third-order valence-corrected chi connectivity index (χ3v) is 2.68. The van der Waals surface area contributed by atoms with E-state index in [2.05, 4.69) is 22.4 Å². The molecule has 0 bridgehead atoms. The molecule has 1 aliphatic heterocycles. The van der Waals surface area contributed by atoms with Gasteiger partial charge in [0.05, 0.1) is 13.2 Å². The highest BCUT2D eigenvalue weighted by molar-refractivity contribution is 5.88. The summed E-state index contributed by atoms with van der Waals surface area (Å²) in [5.74, 6) is 0.588. The highest BCUT2D eigenvalue weighted by Gasteiger charge is 2.17. The second-order valence-electron chi connectivity index (χ2n) is 4.06. The first-order valence-corrected chi connectivity index (χ1v) is 5.97. The van der Waals surface area contributed by atoms with Gasteiger partial charge in [-0.15, -0.1) is 0 Å². The van der Waals surface area contributed by atoms with E-state index in [-0.39, 0.29) is 6.03 Å². The Labute approximate surface area is 100 Å². The summed E-state index contributed by atoms with van der Waals surface area (Å²) in [5, 5.41) is 9.74. The third kappa shape index (κ3) is 3.20. The topological polar surface area (TPSA) is 70.2 Å². The standard InChI is InChI=1S/C11H18N4O2/c1-2-3-9-8-10(14-13-9)12-11(16)15-4-6-17-7-5-15/h8H,2-7H2,1H3,(H2,12,13,14,16). The van der Waals surface area contributed by atoms with Crippen molar-refractivity contribution in [1.29, 1.82) is 0 Å². The predicted octanol–water partition coefficient (Wildman–Crippen LogP) is 1.23. The van der Waals surface area contributed by atoms with Crippen LogP contribution in [-0.2, 0) is 11.2 Å². The Balaban J connectivity index is 1.88. The second kappa shape index (κ2) is 5.67. The van der Waals surface area contributed by atoms with Crippen molar-refractivity contribution >= 4 is 11.8 Å². The summed E-state index contributed by atoms with van der Waals surface area (Å²) in [6.45, 7) is 4.59. The molecule has 2 heterocycles. The second-order valence-corrected chi connectivity index (χ2v) is 4.06. The number of nitrogens with one attached hydrogen (secondary N) is 2. The average Bonchev–Trinajstić information content (AvgIpc) is 2.78. The lowest BCUT2D eigenvalue weighted by molar-refractivity contribution is 0.0564. The Morgan fingerprint density at radius 3 is 3.06 bits per heavy atom. The molecule has 1 fully saturated rings. The smallest absolute Gasteiger partial charge is 0.323 e. The molecule has 0 radical (unpaired) electrons. The van der Waals surface area contributed by atoms with Gasteiger partial charge < -0.3 is 9.64 Å². The Bertz CT molecular complexity index is 371. The molecule has 6 heteroatoms. The van der Waals surface area contributed by atoms with Gasteiger partial charge in [0.25, 0.3) is 0 Å². The number of aryl methyl sites for hydroxylation is 1. The summed E-state index contributed by atoms with van der Waals surface area (Å²) < 4.78 is 5.19. The van der Waals surface area contributed by atoms with Crippen molar-refractivity contribution in [3.8, 4) is 0 Å². The monoisotopic (exact) mass is 238 g/mol. The van der Waals surface area contributed by atoms with E-state index in [0.717, 1.165) is 18.5 Å². The third-order valence-electron chi connectivity index (χ3n) is 2.68. The molecular formula is C11H18N4O2. The quantitative estimate of drug-likeness (QED) is 0.832. The van der Waals surface area contributed by atoms with Crippen LogP contribution in [0.15, 0.2) is 6.07 Å². The minimum absolute atomic E-state index is 0.108. The van der Waals surface area contributed by atoms with E-state index in [0.29, 0.717) is 32.1 Å². The van der Waals surface area contributed by atoms with Crippen molar-refractivity contribution in [3.05, 3.63) is 11.8 Å². The number of aromatic nitrogens is 2. The van der Waals surface area contributed by atoms with Crippen LogP contribution in [0.3, 0.4) is 0 Å². The molecule has 6 nitrogen and oxygen atoms in total. The minimum atomic E-state index is -0.108. The maximum absolute atomic E-state index is 11.8. The number of aromatic amines is 1. The van der Waals surface area contributed by atoms with E-state index >= 15 is 0 Å². The molecule has 0 saturated carbocycles. The molecule has 2 amide bonds.